The summed E-state index contributed by atoms with van der Waals surface area (Å²) in [6.45, 7) is 6.11. The van der Waals surface area contributed by atoms with Gasteiger partial charge >= 0.3 is 6.18 Å². The lowest BCUT2D eigenvalue weighted by molar-refractivity contribution is -0.130. The SMILES string of the molecule is CC[Si](CC)(CC)CCC(F)(F)F. The van der Waals surface area contributed by atoms with Crippen LogP contribution in [0.15, 0.2) is 0 Å². The summed E-state index contributed by atoms with van der Waals surface area (Å²) in [6.07, 6.45) is -4.54. The molecule has 0 amide bonds. The highest BCUT2D eigenvalue weighted by Gasteiger charge is 2.34. The molecular formula is C9H19F3Si. The summed E-state index contributed by atoms with van der Waals surface area (Å²) in [6, 6.07) is 3.36. The van der Waals surface area contributed by atoms with E-state index in [0.717, 1.165) is 18.1 Å². The predicted octanol–water partition coefficient (Wildman–Crippen LogP) is 4.45. The summed E-state index contributed by atoms with van der Waals surface area (Å²) >= 11 is 0. The van der Waals surface area contributed by atoms with Crippen LogP contribution in [0, 0.1) is 0 Å². The molecule has 80 valence electrons. The van der Waals surface area contributed by atoms with Crippen molar-refractivity contribution in [3.8, 4) is 0 Å². The van der Waals surface area contributed by atoms with Crippen molar-refractivity contribution in [3.63, 3.8) is 0 Å². The minimum absolute atomic E-state index is 0.417. The van der Waals surface area contributed by atoms with Crippen molar-refractivity contribution in [3.05, 3.63) is 0 Å². The van der Waals surface area contributed by atoms with Gasteiger partial charge in [-0.2, -0.15) is 13.2 Å². The Morgan fingerprint density at radius 1 is 0.923 bits per heavy atom. The number of rotatable bonds is 5. The predicted molar refractivity (Wildman–Crippen MR) is 52.7 cm³/mol. The molecule has 13 heavy (non-hydrogen) atoms. The van der Waals surface area contributed by atoms with E-state index in [0.29, 0.717) is 6.04 Å². The second-order valence-corrected chi connectivity index (χ2v) is 9.30. The molecule has 0 aliphatic rings. The van der Waals surface area contributed by atoms with E-state index < -0.39 is 20.7 Å². The molecule has 0 rings (SSSR count). The fourth-order valence-electron chi connectivity index (χ4n) is 1.69. The highest BCUT2D eigenvalue weighted by atomic mass is 28.3. The molecule has 0 unspecified atom stereocenters. The smallest absolute Gasteiger partial charge is 0.171 e. The van der Waals surface area contributed by atoms with Gasteiger partial charge in [-0.05, 0) is 6.04 Å². The van der Waals surface area contributed by atoms with Gasteiger partial charge in [-0.1, -0.05) is 38.9 Å². The van der Waals surface area contributed by atoms with Crippen molar-refractivity contribution < 1.29 is 13.2 Å². The van der Waals surface area contributed by atoms with Crippen molar-refractivity contribution in [2.75, 3.05) is 0 Å². The lowest BCUT2D eigenvalue weighted by Gasteiger charge is -2.28. The molecular weight excluding hydrogens is 193 g/mol. The maximum atomic E-state index is 12.0. The first-order chi connectivity index (χ1) is 5.89. The zero-order valence-electron chi connectivity index (χ0n) is 8.67. The van der Waals surface area contributed by atoms with Crippen LogP contribution in [0.3, 0.4) is 0 Å². The van der Waals surface area contributed by atoms with Gasteiger partial charge < -0.3 is 0 Å². The van der Waals surface area contributed by atoms with Gasteiger partial charge in [0.1, 0.15) is 0 Å². The van der Waals surface area contributed by atoms with Gasteiger partial charge in [0.25, 0.3) is 0 Å². The van der Waals surface area contributed by atoms with Crippen LogP contribution in [-0.2, 0) is 0 Å². The fourth-order valence-corrected chi connectivity index (χ4v) is 5.06. The molecule has 0 saturated heterocycles. The first-order valence-electron chi connectivity index (χ1n) is 4.96. The van der Waals surface area contributed by atoms with Crippen LogP contribution >= 0.6 is 0 Å². The average molecular weight is 212 g/mol. The monoisotopic (exact) mass is 212 g/mol. The minimum atomic E-state index is -3.96. The molecule has 0 spiro atoms. The Morgan fingerprint density at radius 3 is 1.54 bits per heavy atom. The largest absolute Gasteiger partial charge is 0.388 e. The van der Waals surface area contributed by atoms with Gasteiger partial charge in [0, 0.05) is 6.42 Å². The Hall–Kier alpha value is 0.00688. The van der Waals surface area contributed by atoms with Crippen LogP contribution in [-0.4, -0.2) is 14.3 Å². The van der Waals surface area contributed by atoms with E-state index in [1.807, 2.05) is 20.8 Å². The zero-order valence-corrected chi connectivity index (χ0v) is 9.67. The Bertz CT molecular complexity index is 130. The van der Waals surface area contributed by atoms with E-state index in [-0.39, 0.29) is 0 Å². The summed E-state index contributed by atoms with van der Waals surface area (Å²) in [5.41, 5.74) is 0. The third-order valence-corrected chi connectivity index (χ3v) is 9.00. The van der Waals surface area contributed by atoms with Crippen LogP contribution in [0.4, 0.5) is 13.2 Å². The normalized spacial score (nSPS) is 13.4. The Labute approximate surface area is 79.5 Å². The Morgan fingerprint density at radius 2 is 1.31 bits per heavy atom. The first kappa shape index (κ1) is 13.0. The highest BCUT2D eigenvalue weighted by Crippen LogP contribution is 2.32. The van der Waals surface area contributed by atoms with Crippen LogP contribution in [0.1, 0.15) is 27.2 Å². The molecule has 0 aliphatic carbocycles. The molecule has 0 saturated carbocycles. The second kappa shape index (κ2) is 5.03. The molecule has 0 radical (unpaired) electrons. The lowest BCUT2D eigenvalue weighted by Crippen LogP contribution is -2.32. The summed E-state index contributed by atoms with van der Waals surface area (Å²) in [5, 5.41) is 0. The van der Waals surface area contributed by atoms with E-state index in [1.165, 1.54) is 0 Å². The van der Waals surface area contributed by atoms with Crippen molar-refractivity contribution in [1.82, 2.24) is 0 Å². The van der Waals surface area contributed by atoms with Crippen molar-refractivity contribution >= 4 is 8.07 Å². The van der Waals surface area contributed by atoms with Crippen molar-refractivity contribution in [2.24, 2.45) is 0 Å². The number of halogens is 3. The van der Waals surface area contributed by atoms with Crippen LogP contribution < -0.4 is 0 Å². The van der Waals surface area contributed by atoms with E-state index in [4.69, 9.17) is 0 Å². The lowest BCUT2D eigenvalue weighted by atomic mass is 10.5. The van der Waals surface area contributed by atoms with Gasteiger partial charge in [-0.15, -0.1) is 0 Å². The molecule has 0 bridgehead atoms. The Kier molecular flexibility index (Phi) is 5.03. The van der Waals surface area contributed by atoms with Gasteiger partial charge in [0.15, 0.2) is 0 Å². The molecule has 0 aromatic heterocycles. The average Bonchev–Trinajstić information content (AvgIpc) is 2.06. The topological polar surface area (TPSA) is 0 Å². The third kappa shape index (κ3) is 4.69. The molecule has 0 aromatic carbocycles. The van der Waals surface area contributed by atoms with E-state index >= 15 is 0 Å². The van der Waals surface area contributed by atoms with Crippen LogP contribution in [0.5, 0.6) is 0 Å². The first-order valence-corrected chi connectivity index (χ1v) is 7.78. The maximum absolute atomic E-state index is 12.0. The summed E-state index contributed by atoms with van der Waals surface area (Å²) in [7, 11) is -1.55. The summed E-state index contributed by atoms with van der Waals surface area (Å²) in [4.78, 5) is 0. The van der Waals surface area contributed by atoms with Crippen molar-refractivity contribution in [2.45, 2.75) is 57.5 Å². The minimum Gasteiger partial charge on any atom is -0.171 e. The molecule has 0 N–H and O–H groups in total. The molecule has 0 fully saturated rings. The van der Waals surface area contributed by atoms with Gasteiger partial charge in [0.2, 0.25) is 0 Å². The molecule has 0 aromatic rings. The summed E-state index contributed by atoms with van der Waals surface area (Å²) < 4.78 is 36.1. The quantitative estimate of drug-likeness (QED) is 0.591. The van der Waals surface area contributed by atoms with E-state index in [1.54, 1.807) is 0 Å². The Balaban J connectivity index is 4.11. The van der Waals surface area contributed by atoms with Gasteiger partial charge in [0.05, 0.1) is 8.07 Å². The summed E-state index contributed by atoms with van der Waals surface area (Å²) in [5.74, 6) is 0. The maximum Gasteiger partial charge on any atom is 0.388 e. The van der Waals surface area contributed by atoms with E-state index in [9.17, 15) is 13.2 Å². The molecule has 4 heteroatoms. The molecule has 0 heterocycles. The van der Waals surface area contributed by atoms with Gasteiger partial charge in [-0.25, -0.2) is 0 Å². The second-order valence-electron chi connectivity index (χ2n) is 3.68. The fraction of sp³-hybridized carbons (Fsp3) is 1.00. The number of hydrogen-bond acceptors (Lipinski definition) is 0. The molecule has 0 aliphatic heterocycles. The highest BCUT2D eigenvalue weighted by molar-refractivity contribution is 6.79. The number of alkyl halides is 3. The number of hydrogen-bond donors (Lipinski definition) is 0. The zero-order chi connectivity index (χ0) is 10.5. The standard InChI is InChI=1S/C9H19F3Si/c1-4-13(5-2,6-3)8-7-9(10,11)12/h4-8H2,1-3H3. The molecule has 0 atom stereocenters. The van der Waals surface area contributed by atoms with E-state index in [2.05, 4.69) is 0 Å². The molecule has 0 nitrogen and oxygen atoms in total. The van der Waals surface area contributed by atoms with Crippen molar-refractivity contribution in [1.29, 1.82) is 0 Å². The van der Waals surface area contributed by atoms with Gasteiger partial charge in [-0.3, -0.25) is 0 Å². The van der Waals surface area contributed by atoms with Crippen LogP contribution in [0.25, 0.3) is 0 Å². The van der Waals surface area contributed by atoms with Crippen LogP contribution in [0.2, 0.25) is 24.2 Å². The third-order valence-electron chi connectivity index (χ3n) is 3.19.